The lowest BCUT2D eigenvalue weighted by atomic mass is 10.1. The highest BCUT2D eigenvalue weighted by atomic mass is 28.3. The van der Waals surface area contributed by atoms with Crippen LogP contribution in [0.5, 0.6) is 0 Å². The summed E-state index contributed by atoms with van der Waals surface area (Å²) < 4.78 is 2.43. The van der Waals surface area contributed by atoms with Gasteiger partial charge in [-0.1, -0.05) is 49.5 Å². The minimum atomic E-state index is -1.28. The van der Waals surface area contributed by atoms with Gasteiger partial charge < -0.3 is 4.57 Å². The number of nitrogens with zero attached hydrogens (tertiary/aromatic N) is 1. The van der Waals surface area contributed by atoms with Gasteiger partial charge in [0.2, 0.25) is 0 Å². The minimum Gasteiger partial charge on any atom is -0.351 e. The molecule has 0 aliphatic heterocycles. The second-order valence-corrected chi connectivity index (χ2v) is 11.7. The summed E-state index contributed by atoms with van der Waals surface area (Å²) in [6.45, 7) is 11.6. The summed E-state index contributed by atoms with van der Waals surface area (Å²) in [6.07, 6.45) is 3.35. The average molecular weight is 271 g/mol. The van der Waals surface area contributed by atoms with Crippen molar-refractivity contribution in [3.63, 3.8) is 0 Å². The maximum Gasteiger partial charge on any atom is 0.0984 e. The number of benzene rings is 1. The lowest BCUT2D eigenvalue weighted by Gasteiger charge is -2.18. The van der Waals surface area contributed by atoms with E-state index in [1.54, 1.807) is 0 Å². The lowest BCUT2D eigenvalue weighted by molar-refractivity contribution is 0.984. The first kappa shape index (κ1) is 14.1. The van der Waals surface area contributed by atoms with Crippen LogP contribution in [-0.4, -0.2) is 12.6 Å². The summed E-state index contributed by atoms with van der Waals surface area (Å²) in [7, 11) is 0.943. The van der Waals surface area contributed by atoms with Gasteiger partial charge in [-0.2, -0.15) is 0 Å². The van der Waals surface area contributed by atoms with E-state index in [-0.39, 0.29) is 0 Å². The zero-order valence-electron chi connectivity index (χ0n) is 13.0. The van der Waals surface area contributed by atoms with Crippen molar-refractivity contribution < 1.29 is 0 Å². The van der Waals surface area contributed by atoms with E-state index in [4.69, 9.17) is 0 Å². The molecule has 0 amide bonds. The third-order valence-electron chi connectivity index (χ3n) is 3.64. The summed E-state index contributed by atoms with van der Waals surface area (Å²) in [5.41, 5.74) is 4.24. The van der Waals surface area contributed by atoms with Crippen molar-refractivity contribution in [3.8, 4) is 0 Å². The van der Waals surface area contributed by atoms with Crippen LogP contribution in [0.3, 0.4) is 0 Å². The number of aromatic nitrogens is 1. The second-order valence-electron chi connectivity index (χ2n) is 6.68. The highest BCUT2D eigenvalue weighted by Gasteiger charge is 2.22. The molecule has 0 saturated carbocycles. The van der Waals surface area contributed by atoms with Crippen molar-refractivity contribution in [2.75, 3.05) is 0 Å². The molecular formula is C17H25NSi. The molecule has 2 heteroatoms. The normalized spacial score (nSPS) is 11.9. The van der Waals surface area contributed by atoms with Crippen LogP contribution in [0.4, 0.5) is 0 Å². The van der Waals surface area contributed by atoms with Crippen LogP contribution in [0, 0.1) is 0 Å². The Kier molecular flexibility index (Phi) is 3.72. The first-order valence-corrected chi connectivity index (χ1v) is 10.5. The molecule has 1 aromatic carbocycles. The van der Waals surface area contributed by atoms with Gasteiger partial charge >= 0.3 is 0 Å². The molecule has 19 heavy (non-hydrogen) atoms. The molecule has 1 heterocycles. The Labute approximate surface area is 118 Å². The summed E-state index contributed by atoms with van der Waals surface area (Å²) >= 11 is 0. The topological polar surface area (TPSA) is 4.93 Å². The summed E-state index contributed by atoms with van der Waals surface area (Å²) in [4.78, 5) is 0. The average Bonchev–Trinajstić information content (AvgIpc) is 2.64. The van der Waals surface area contributed by atoms with Crippen molar-refractivity contribution in [2.45, 2.75) is 39.9 Å². The van der Waals surface area contributed by atoms with E-state index < -0.39 is 8.07 Å². The molecule has 102 valence electrons. The molecule has 0 fully saturated rings. The Morgan fingerprint density at radius 1 is 1.21 bits per heavy atom. The number of allylic oxidation sites excluding steroid dienone is 2. The van der Waals surface area contributed by atoms with Gasteiger partial charge in [0.15, 0.2) is 0 Å². The SMILES string of the molecule is CC(C)=CCc1cccc2cc([Si](C)(C)C)n(C)c12. The summed E-state index contributed by atoms with van der Waals surface area (Å²) in [5, 5.41) is 2.92. The van der Waals surface area contributed by atoms with Crippen molar-refractivity contribution >= 4 is 24.3 Å². The molecule has 0 saturated heterocycles. The maximum absolute atomic E-state index is 2.43. The molecule has 0 bridgehead atoms. The molecule has 1 nitrogen and oxygen atoms in total. The fourth-order valence-electron chi connectivity index (χ4n) is 2.70. The summed E-state index contributed by atoms with van der Waals surface area (Å²) in [5.74, 6) is 0. The zero-order chi connectivity index (χ0) is 14.2. The molecular weight excluding hydrogens is 246 g/mol. The van der Waals surface area contributed by atoms with Gasteiger partial charge in [0.25, 0.3) is 0 Å². The van der Waals surface area contributed by atoms with Gasteiger partial charge in [-0.05, 0) is 37.3 Å². The predicted molar refractivity (Wildman–Crippen MR) is 89.0 cm³/mol. The monoisotopic (exact) mass is 271 g/mol. The number of fused-ring (bicyclic) bond motifs is 1. The number of para-hydroxylation sites is 1. The van der Waals surface area contributed by atoms with E-state index >= 15 is 0 Å². The van der Waals surface area contributed by atoms with Crippen molar-refractivity contribution in [1.29, 1.82) is 0 Å². The Bertz CT molecular complexity index is 622. The van der Waals surface area contributed by atoms with Crippen LogP contribution in [0.25, 0.3) is 10.9 Å². The second kappa shape index (κ2) is 5.01. The third-order valence-corrected chi connectivity index (χ3v) is 5.66. The molecule has 1 aromatic heterocycles. The van der Waals surface area contributed by atoms with Crippen LogP contribution in [0.15, 0.2) is 35.9 Å². The molecule has 0 radical (unpaired) electrons. The highest BCUT2D eigenvalue weighted by molar-refractivity contribution is 6.88. The van der Waals surface area contributed by atoms with Crippen LogP contribution in [-0.2, 0) is 13.5 Å². The van der Waals surface area contributed by atoms with Crippen LogP contribution in [0.2, 0.25) is 19.6 Å². The van der Waals surface area contributed by atoms with Crippen LogP contribution in [0.1, 0.15) is 19.4 Å². The van der Waals surface area contributed by atoms with Crippen molar-refractivity contribution in [2.24, 2.45) is 7.05 Å². The Balaban J connectivity index is 2.62. The van der Waals surface area contributed by atoms with Gasteiger partial charge in [0, 0.05) is 12.4 Å². The van der Waals surface area contributed by atoms with E-state index in [0.29, 0.717) is 0 Å². The molecule has 0 N–H and O–H groups in total. The maximum atomic E-state index is 2.43. The lowest BCUT2D eigenvalue weighted by Crippen LogP contribution is -2.41. The molecule has 0 aliphatic rings. The number of hydrogen-bond donors (Lipinski definition) is 0. The van der Waals surface area contributed by atoms with E-state index in [2.05, 4.69) is 75.4 Å². The van der Waals surface area contributed by atoms with Crippen LogP contribution < -0.4 is 5.32 Å². The smallest absolute Gasteiger partial charge is 0.0984 e. The van der Waals surface area contributed by atoms with Crippen molar-refractivity contribution in [3.05, 3.63) is 41.5 Å². The zero-order valence-corrected chi connectivity index (χ0v) is 14.0. The van der Waals surface area contributed by atoms with E-state index in [9.17, 15) is 0 Å². The molecule has 2 rings (SSSR count). The Hall–Kier alpha value is -1.28. The Morgan fingerprint density at radius 2 is 1.89 bits per heavy atom. The molecule has 0 spiro atoms. The summed E-state index contributed by atoms with van der Waals surface area (Å²) in [6, 6.07) is 9.08. The van der Waals surface area contributed by atoms with Crippen molar-refractivity contribution in [1.82, 2.24) is 4.57 Å². The van der Waals surface area contributed by atoms with Gasteiger partial charge in [0.1, 0.15) is 0 Å². The molecule has 0 atom stereocenters. The third kappa shape index (κ3) is 2.84. The fraction of sp³-hybridized carbons (Fsp3) is 0.412. The molecule has 0 aliphatic carbocycles. The standard InChI is InChI=1S/C17H25NSi/c1-13(2)10-11-14-8-7-9-15-12-16(19(4,5)6)18(3)17(14)15/h7-10,12H,11H2,1-6H3. The molecule has 2 aromatic rings. The highest BCUT2D eigenvalue weighted by Crippen LogP contribution is 2.21. The van der Waals surface area contributed by atoms with Crippen LogP contribution >= 0.6 is 0 Å². The van der Waals surface area contributed by atoms with Gasteiger partial charge in [0.05, 0.1) is 13.6 Å². The van der Waals surface area contributed by atoms with E-state index in [1.165, 1.54) is 27.4 Å². The molecule has 0 unspecified atom stereocenters. The van der Waals surface area contributed by atoms with Gasteiger partial charge in [-0.15, -0.1) is 0 Å². The number of aryl methyl sites for hydroxylation is 1. The van der Waals surface area contributed by atoms with E-state index in [1.807, 2.05) is 0 Å². The predicted octanol–water partition coefficient (Wildman–Crippen LogP) is 4.23. The first-order chi connectivity index (χ1) is 8.80. The van der Waals surface area contributed by atoms with Gasteiger partial charge in [-0.3, -0.25) is 0 Å². The minimum absolute atomic E-state index is 1.03. The largest absolute Gasteiger partial charge is 0.351 e. The number of rotatable bonds is 3. The first-order valence-electron chi connectivity index (χ1n) is 7.02. The van der Waals surface area contributed by atoms with E-state index in [0.717, 1.165) is 6.42 Å². The van der Waals surface area contributed by atoms with Gasteiger partial charge in [-0.25, -0.2) is 0 Å². The fourth-order valence-corrected chi connectivity index (χ4v) is 4.41. The quantitative estimate of drug-likeness (QED) is 0.581. The Morgan fingerprint density at radius 3 is 2.47 bits per heavy atom. The number of hydrogen-bond acceptors (Lipinski definition) is 0.